The number of imidazole rings is 1. The Bertz CT molecular complexity index is 995. The normalized spacial score (nSPS) is 19.9. The third-order valence-electron chi connectivity index (χ3n) is 4.77. The fourth-order valence-corrected chi connectivity index (χ4v) is 3.68. The first-order chi connectivity index (χ1) is 12.3. The highest BCUT2D eigenvalue weighted by Crippen LogP contribution is 2.41. The Morgan fingerprint density at radius 1 is 1.27 bits per heavy atom. The van der Waals surface area contributed by atoms with Crippen molar-refractivity contribution in [2.24, 2.45) is 0 Å². The number of hydrogen-bond donors (Lipinski definition) is 1. The molecule has 2 N–H and O–H groups in total. The molecule has 1 saturated carbocycles. The van der Waals surface area contributed by atoms with E-state index in [0.29, 0.717) is 29.6 Å². The largest absolute Gasteiger partial charge is 0.368 e. The van der Waals surface area contributed by atoms with Crippen LogP contribution in [0.25, 0.3) is 22.3 Å². The number of alkyl halides is 1. The molecule has 0 unspecified atom stereocenters. The van der Waals surface area contributed by atoms with Crippen LogP contribution in [0.4, 0.5) is 14.7 Å². The Labute approximate surface area is 154 Å². The number of aromatic nitrogens is 4. The lowest BCUT2D eigenvalue weighted by molar-refractivity contribution is 0.170. The van der Waals surface area contributed by atoms with E-state index in [-0.39, 0.29) is 28.4 Å². The van der Waals surface area contributed by atoms with Crippen LogP contribution in [0.15, 0.2) is 18.3 Å². The van der Waals surface area contributed by atoms with Crippen molar-refractivity contribution in [2.45, 2.75) is 44.8 Å². The summed E-state index contributed by atoms with van der Waals surface area (Å²) in [4.78, 5) is 12.5. The van der Waals surface area contributed by atoms with E-state index in [9.17, 15) is 8.78 Å². The SMILES string of the molecule is CC(C)n1c(C2CC(F)C2)nc2c(F)cc(-c3nc(N)ncc3Cl)cc21. The van der Waals surface area contributed by atoms with Crippen molar-refractivity contribution in [3.8, 4) is 11.3 Å². The van der Waals surface area contributed by atoms with E-state index < -0.39 is 12.0 Å². The molecule has 5 nitrogen and oxygen atoms in total. The molecule has 2 aromatic heterocycles. The number of rotatable bonds is 3. The van der Waals surface area contributed by atoms with Crippen LogP contribution in [0.1, 0.15) is 44.5 Å². The number of nitrogens with two attached hydrogens (primary N) is 1. The molecule has 0 saturated heterocycles. The van der Waals surface area contributed by atoms with Gasteiger partial charge in [0.2, 0.25) is 5.95 Å². The van der Waals surface area contributed by atoms with Gasteiger partial charge in [-0.15, -0.1) is 0 Å². The Kier molecular flexibility index (Phi) is 4.06. The highest BCUT2D eigenvalue weighted by Gasteiger charge is 2.35. The van der Waals surface area contributed by atoms with Gasteiger partial charge in [0.15, 0.2) is 5.82 Å². The van der Waals surface area contributed by atoms with Crippen LogP contribution in [0.3, 0.4) is 0 Å². The Morgan fingerprint density at radius 2 is 2.00 bits per heavy atom. The van der Waals surface area contributed by atoms with Crippen molar-refractivity contribution >= 4 is 28.6 Å². The number of nitrogen functional groups attached to an aromatic ring is 1. The molecule has 0 radical (unpaired) electrons. The van der Waals surface area contributed by atoms with Gasteiger partial charge in [-0.25, -0.2) is 23.7 Å². The zero-order chi connectivity index (χ0) is 18.6. The molecule has 8 heteroatoms. The van der Waals surface area contributed by atoms with Gasteiger partial charge in [-0.2, -0.15) is 0 Å². The van der Waals surface area contributed by atoms with E-state index in [1.54, 1.807) is 6.07 Å². The number of anilines is 1. The summed E-state index contributed by atoms with van der Waals surface area (Å²) in [5.74, 6) is 0.336. The molecule has 0 bridgehead atoms. The van der Waals surface area contributed by atoms with E-state index in [2.05, 4.69) is 15.0 Å². The summed E-state index contributed by atoms with van der Waals surface area (Å²) in [5, 5.41) is 0.285. The summed E-state index contributed by atoms with van der Waals surface area (Å²) < 4.78 is 30.1. The molecule has 1 aliphatic carbocycles. The Hall–Kier alpha value is -2.28. The molecule has 26 heavy (non-hydrogen) atoms. The second kappa shape index (κ2) is 6.16. The smallest absolute Gasteiger partial charge is 0.220 e. The summed E-state index contributed by atoms with van der Waals surface area (Å²) in [6.07, 6.45) is 1.45. The van der Waals surface area contributed by atoms with Crippen molar-refractivity contribution in [1.82, 2.24) is 19.5 Å². The molecule has 3 aromatic rings. The lowest BCUT2D eigenvalue weighted by atomic mass is 9.83. The summed E-state index contributed by atoms with van der Waals surface area (Å²) in [5.41, 5.74) is 7.43. The van der Waals surface area contributed by atoms with Crippen molar-refractivity contribution in [1.29, 1.82) is 0 Å². The first kappa shape index (κ1) is 17.1. The molecule has 2 heterocycles. The Morgan fingerprint density at radius 3 is 2.65 bits per heavy atom. The molecule has 136 valence electrons. The molecular formula is C18H18ClF2N5. The molecule has 0 spiro atoms. The fraction of sp³-hybridized carbons (Fsp3) is 0.389. The summed E-state index contributed by atoms with van der Waals surface area (Å²) in [6.45, 7) is 3.99. The third kappa shape index (κ3) is 2.70. The molecule has 0 aliphatic heterocycles. The van der Waals surface area contributed by atoms with Gasteiger partial charge in [0.1, 0.15) is 17.5 Å². The quantitative estimate of drug-likeness (QED) is 0.720. The molecule has 0 amide bonds. The van der Waals surface area contributed by atoms with Crippen LogP contribution in [-0.2, 0) is 0 Å². The number of hydrogen-bond acceptors (Lipinski definition) is 4. The van der Waals surface area contributed by atoms with Crippen LogP contribution in [-0.4, -0.2) is 25.7 Å². The summed E-state index contributed by atoms with van der Waals surface area (Å²) >= 11 is 6.17. The van der Waals surface area contributed by atoms with E-state index in [4.69, 9.17) is 17.3 Å². The molecule has 1 aromatic carbocycles. The van der Waals surface area contributed by atoms with Gasteiger partial charge in [0, 0.05) is 17.5 Å². The zero-order valence-electron chi connectivity index (χ0n) is 14.4. The Balaban J connectivity index is 1.93. The van der Waals surface area contributed by atoms with Crippen LogP contribution >= 0.6 is 11.6 Å². The lowest BCUT2D eigenvalue weighted by Gasteiger charge is -2.30. The van der Waals surface area contributed by atoms with Crippen LogP contribution < -0.4 is 5.73 Å². The van der Waals surface area contributed by atoms with Crippen LogP contribution in [0.2, 0.25) is 5.02 Å². The number of fused-ring (bicyclic) bond motifs is 1. The van der Waals surface area contributed by atoms with Crippen molar-refractivity contribution in [3.63, 3.8) is 0 Å². The van der Waals surface area contributed by atoms with E-state index in [1.807, 2.05) is 18.4 Å². The molecule has 1 fully saturated rings. The second-order valence-corrected chi connectivity index (χ2v) is 7.36. The minimum absolute atomic E-state index is 0.0148. The van der Waals surface area contributed by atoms with E-state index in [1.165, 1.54) is 12.3 Å². The van der Waals surface area contributed by atoms with E-state index >= 15 is 0 Å². The fourth-order valence-electron chi connectivity index (χ4n) is 3.48. The van der Waals surface area contributed by atoms with Crippen molar-refractivity contribution in [3.05, 3.63) is 35.0 Å². The molecule has 1 aliphatic rings. The van der Waals surface area contributed by atoms with Gasteiger partial charge < -0.3 is 10.3 Å². The first-order valence-electron chi connectivity index (χ1n) is 8.49. The average molecular weight is 378 g/mol. The van der Waals surface area contributed by atoms with Crippen LogP contribution in [0.5, 0.6) is 0 Å². The van der Waals surface area contributed by atoms with Crippen molar-refractivity contribution in [2.75, 3.05) is 5.73 Å². The number of nitrogens with zero attached hydrogens (tertiary/aromatic N) is 4. The molecule has 4 rings (SSSR count). The minimum atomic E-state index is -0.802. The maximum Gasteiger partial charge on any atom is 0.220 e. The third-order valence-corrected chi connectivity index (χ3v) is 5.05. The van der Waals surface area contributed by atoms with Crippen molar-refractivity contribution < 1.29 is 8.78 Å². The highest BCUT2D eigenvalue weighted by molar-refractivity contribution is 6.33. The van der Waals surface area contributed by atoms with Gasteiger partial charge >= 0.3 is 0 Å². The van der Waals surface area contributed by atoms with Gasteiger partial charge in [-0.1, -0.05) is 11.6 Å². The van der Waals surface area contributed by atoms with E-state index in [0.717, 1.165) is 5.82 Å². The summed E-state index contributed by atoms with van der Waals surface area (Å²) in [6, 6.07) is 3.19. The van der Waals surface area contributed by atoms with Gasteiger partial charge in [0.25, 0.3) is 0 Å². The zero-order valence-corrected chi connectivity index (χ0v) is 15.1. The van der Waals surface area contributed by atoms with Gasteiger partial charge in [0.05, 0.1) is 22.4 Å². The maximum atomic E-state index is 14.8. The highest BCUT2D eigenvalue weighted by atomic mass is 35.5. The number of halogens is 3. The maximum absolute atomic E-state index is 14.8. The standard InChI is InChI=1S/C18H18ClF2N5/c1-8(2)26-14-6-9(15-12(19)7-23-18(22)25-15)5-13(21)16(14)24-17(26)10-3-11(20)4-10/h5-8,10-11H,3-4H2,1-2H3,(H2,22,23,25). The first-order valence-corrected chi connectivity index (χ1v) is 8.86. The number of benzene rings is 1. The topological polar surface area (TPSA) is 69.6 Å². The summed E-state index contributed by atoms with van der Waals surface area (Å²) in [7, 11) is 0. The van der Waals surface area contributed by atoms with Gasteiger partial charge in [-0.3, -0.25) is 0 Å². The second-order valence-electron chi connectivity index (χ2n) is 6.95. The lowest BCUT2D eigenvalue weighted by Crippen LogP contribution is -2.26. The minimum Gasteiger partial charge on any atom is -0.368 e. The predicted molar refractivity (Wildman–Crippen MR) is 97.4 cm³/mol. The average Bonchev–Trinajstić information content (AvgIpc) is 2.93. The molecular weight excluding hydrogens is 360 g/mol. The van der Waals surface area contributed by atoms with Gasteiger partial charge in [-0.05, 0) is 38.8 Å². The molecule has 0 atom stereocenters. The monoisotopic (exact) mass is 377 g/mol. The predicted octanol–water partition coefficient (Wildman–Crippen LogP) is 4.66. The van der Waals surface area contributed by atoms with Crippen LogP contribution in [0, 0.1) is 5.82 Å².